The van der Waals surface area contributed by atoms with Crippen molar-refractivity contribution in [1.29, 1.82) is 0 Å². The Labute approximate surface area is 155 Å². The van der Waals surface area contributed by atoms with Crippen LogP contribution in [-0.2, 0) is 19.1 Å². The fraction of sp³-hybridized carbons (Fsp3) is 0.833. The van der Waals surface area contributed by atoms with E-state index in [4.69, 9.17) is 4.74 Å². The Morgan fingerprint density at radius 2 is 1.92 bits per heavy atom. The van der Waals surface area contributed by atoms with Crippen LogP contribution in [0.3, 0.4) is 0 Å². The first-order valence-electron chi connectivity index (χ1n) is 9.66. The second-order valence-corrected chi connectivity index (χ2v) is 6.58. The van der Waals surface area contributed by atoms with Crippen LogP contribution in [0.1, 0.15) is 39.0 Å². The number of aliphatic imine (C=N–C) groups is 1. The second-order valence-electron chi connectivity index (χ2n) is 6.58. The molecular formula is C18H32N4O4. The summed E-state index contributed by atoms with van der Waals surface area (Å²) in [6.07, 6.45) is 3.64. The number of carbonyl (C=O) groups excluding carboxylic acids is 2. The average Bonchev–Trinajstić information content (AvgIpc) is 3.21. The lowest BCUT2D eigenvalue weighted by Gasteiger charge is -2.37. The molecule has 26 heavy (non-hydrogen) atoms. The first-order valence-corrected chi connectivity index (χ1v) is 9.66. The number of hydrogen-bond donors (Lipinski definition) is 1. The smallest absolute Gasteiger partial charge is 0.305 e. The molecule has 1 N–H and O–H groups in total. The zero-order chi connectivity index (χ0) is 18.8. The molecule has 0 aliphatic carbocycles. The largest absolute Gasteiger partial charge is 0.469 e. The summed E-state index contributed by atoms with van der Waals surface area (Å²) in [6, 6.07) is 0. The Hall–Kier alpha value is -1.83. The van der Waals surface area contributed by atoms with Gasteiger partial charge in [-0.2, -0.15) is 0 Å². The molecule has 148 valence electrons. The normalized spacial score (nSPS) is 21.0. The molecule has 0 saturated carbocycles. The molecule has 8 nitrogen and oxygen atoms in total. The predicted octanol–water partition coefficient (Wildman–Crippen LogP) is 0.618. The van der Waals surface area contributed by atoms with Crippen LogP contribution in [0.15, 0.2) is 4.99 Å². The van der Waals surface area contributed by atoms with Crippen LogP contribution >= 0.6 is 0 Å². The summed E-state index contributed by atoms with van der Waals surface area (Å²) < 4.78 is 10.1. The number of piperazine rings is 1. The third-order valence-corrected chi connectivity index (χ3v) is 4.71. The summed E-state index contributed by atoms with van der Waals surface area (Å²) in [5.74, 6) is 0.842. The molecule has 1 amide bonds. The molecule has 0 spiro atoms. The molecule has 0 aromatic heterocycles. The minimum Gasteiger partial charge on any atom is -0.469 e. The minimum atomic E-state index is -0.238. The van der Waals surface area contributed by atoms with E-state index in [-0.39, 0.29) is 18.0 Å². The number of hydrogen-bond acceptors (Lipinski definition) is 5. The van der Waals surface area contributed by atoms with Gasteiger partial charge in [-0.1, -0.05) is 0 Å². The fourth-order valence-electron chi connectivity index (χ4n) is 3.21. The van der Waals surface area contributed by atoms with Gasteiger partial charge in [0.05, 0.1) is 7.11 Å². The van der Waals surface area contributed by atoms with Crippen molar-refractivity contribution in [2.75, 3.05) is 53.0 Å². The first-order chi connectivity index (χ1) is 12.7. The lowest BCUT2D eigenvalue weighted by molar-refractivity contribution is -0.142. The van der Waals surface area contributed by atoms with Crippen LogP contribution in [0, 0.1) is 0 Å². The van der Waals surface area contributed by atoms with E-state index in [1.807, 2.05) is 11.8 Å². The van der Waals surface area contributed by atoms with Crippen LogP contribution < -0.4 is 5.32 Å². The second kappa shape index (κ2) is 11.0. The third kappa shape index (κ3) is 6.16. The minimum absolute atomic E-state index is 0.131. The zero-order valence-corrected chi connectivity index (χ0v) is 16.0. The maximum Gasteiger partial charge on any atom is 0.305 e. The molecule has 2 rings (SSSR count). The van der Waals surface area contributed by atoms with Crippen molar-refractivity contribution >= 4 is 17.8 Å². The lowest BCUT2D eigenvalue weighted by Crippen LogP contribution is -2.55. The highest BCUT2D eigenvalue weighted by molar-refractivity contribution is 5.82. The molecule has 8 heteroatoms. The zero-order valence-electron chi connectivity index (χ0n) is 16.0. The average molecular weight is 368 g/mol. The molecule has 0 bridgehead atoms. The van der Waals surface area contributed by atoms with Crippen LogP contribution in [0.5, 0.6) is 0 Å². The molecule has 2 fully saturated rings. The molecule has 2 aliphatic rings. The molecule has 0 aromatic carbocycles. The Kier molecular flexibility index (Phi) is 8.67. The SMILES string of the molecule is CCNC(=NCCCCC(=O)OC)N1CCN(C(=O)C2CCCO2)CC1. The van der Waals surface area contributed by atoms with Crippen molar-refractivity contribution in [3.05, 3.63) is 0 Å². The maximum absolute atomic E-state index is 12.4. The summed E-state index contributed by atoms with van der Waals surface area (Å²) in [7, 11) is 1.41. The van der Waals surface area contributed by atoms with Crippen molar-refractivity contribution in [2.45, 2.75) is 45.1 Å². The molecule has 0 radical (unpaired) electrons. The molecule has 0 aromatic rings. The van der Waals surface area contributed by atoms with Gasteiger partial charge in [0.15, 0.2) is 5.96 Å². The van der Waals surface area contributed by atoms with E-state index in [0.717, 1.165) is 51.3 Å². The summed E-state index contributed by atoms with van der Waals surface area (Å²) in [4.78, 5) is 32.3. The molecule has 1 atom stereocenters. The van der Waals surface area contributed by atoms with Gasteiger partial charge < -0.3 is 24.6 Å². The number of guanidine groups is 1. The maximum atomic E-state index is 12.4. The highest BCUT2D eigenvalue weighted by Gasteiger charge is 2.30. The van der Waals surface area contributed by atoms with E-state index >= 15 is 0 Å². The monoisotopic (exact) mass is 368 g/mol. The van der Waals surface area contributed by atoms with Gasteiger partial charge in [-0.15, -0.1) is 0 Å². The molecule has 2 heterocycles. The first kappa shape index (κ1) is 20.5. The number of esters is 1. The van der Waals surface area contributed by atoms with Crippen molar-refractivity contribution in [3.63, 3.8) is 0 Å². The van der Waals surface area contributed by atoms with E-state index in [2.05, 4.69) is 19.9 Å². The summed E-state index contributed by atoms with van der Waals surface area (Å²) in [5.41, 5.74) is 0. The van der Waals surface area contributed by atoms with Crippen LogP contribution in [0.2, 0.25) is 0 Å². The van der Waals surface area contributed by atoms with E-state index < -0.39 is 0 Å². The predicted molar refractivity (Wildman–Crippen MR) is 99.0 cm³/mol. The quantitative estimate of drug-likeness (QED) is 0.307. The third-order valence-electron chi connectivity index (χ3n) is 4.71. The van der Waals surface area contributed by atoms with Crippen LogP contribution in [0.4, 0.5) is 0 Å². The van der Waals surface area contributed by atoms with Gasteiger partial charge in [0.25, 0.3) is 5.91 Å². The lowest BCUT2D eigenvalue weighted by atomic mass is 10.2. The van der Waals surface area contributed by atoms with Gasteiger partial charge in [-0.3, -0.25) is 14.6 Å². The number of carbonyl (C=O) groups is 2. The van der Waals surface area contributed by atoms with Crippen LogP contribution in [0.25, 0.3) is 0 Å². The van der Waals surface area contributed by atoms with Crippen LogP contribution in [-0.4, -0.2) is 86.7 Å². The highest BCUT2D eigenvalue weighted by atomic mass is 16.5. The molecule has 2 aliphatic heterocycles. The summed E-state index contributed by atoms with van der Waals surface area (Å²) in [5, 5.41) is 3.32. The number of methoxy groups -OCH3 is 1. The van der Waals surface area contributed by atoms with E-state index in [1.54, 1.807) is 0 Å². The Balaban J connectivity index is 1.76. The Bertz CT molecular complexity index is 484. The van der Waals surface area contributed by atoms with Gasteiger partial charge in [0.2, 0.25) is 0 Å². The number of nitrogens with one attached hydrogen (secondary N) is 1. The van der Waals surface area contributed by atoms with Gasteiger partial charge in [-0.25, -0.2) is 0 Å². The number of nitrogens with zero attached hydrogens (tertiary/aromatic N) is 3. The fourth-order valence-corrected chi connectivity index (χ4v) is 3.21. The number of rotatable bonds is 7. The number of ether oxygens (including phenoxy) is 2. The van der Waals surface area contributed by atoms with Crippen molar-refractivity contribution < 1.29 is 19.1 Å². The number of amides is 1. The molecular weight excluding hydrogens is 336 g/mol. The van der Waals surface area contributed by atoms with Gasteiger partial charge in [0, 0.05) is 52.3 Å². The van der Waals surface area contributed by atoms with Crippen molar-refractivity contribution in [3.8, 4) is 0 Å². The summed E-state index contributed by atoms with van der Waals surface area (Å²) >= 11 is 0. The molecule has 2 saturated heterocycles. The summed E-state index contributed by atoms with van der Waals surface area (Å²) in [6.45, 7) is 7.16. The van der Waals surface area contributed by atoms with Crippen molar-refractivity contribution in [2.24, 2.45) is 4.99 Å². The number of unbranched alkanes of at least 4 members (excludes halogenated alkanes) is 1. The van der Waals surface area contributed by atoms with E-state index in [0.29, 0.717) is 32.7 Å². The van der Waals surface area contributed by atoms with E-state index in [1.165, 1.54) is 7.11 Å². The highest BCUT2D eigenvalue weighted by Crippen LogP contribution is 2.16. The topological polar surface area (TPSA) is 83.5 Å². The molecule has 1 unspecified atom stereocenters. The Morgan fingerprint density at radius 1 is 1.19 bits per heavy atom. The Morgan fingerprint density at radius 3 is 2.54 bits per heavy atom. The van der Waals surface area contributed by atoms with Crippen molar-refractivity contribution in [1.82, 2.24) is 15.1 Å². The standard InChI is InChI=1S/C18H32N4O4/c1-3-19-18(20-9-5-4-8-16(23)25-2)22-12-10-21(11-13-22)17(24)15-7-6-14-26-15/h15H,3-14H2,1-2H3,(H,19,20). The van der Waals surface area contributed by atoms with Gasteiger partial charge in [0.1, 0.15) is 6.10 Å². The van der Waals surface area contributed by atoms with E-state index in [9.17, 15) is 9.59 Å². The van der Waals surface area contributed by atoms with Gasteiger partial charge in [-0.05, 0) is 32.6 Å². The van der Waals surface area contributed by atoms with Gasteiger partial charge >= 0.3 is 5.97 Å².